The maximum absolute atomic E-state index is 12.2. The summed E-state index contributed by atoms with van der Waals surface area (Å²) in [5.74, 6) is 0.453. The number of anilines is 1. The van der Waals surface area contributed by atoms with Gasteiger partial charge in [-0.05, 0) is 24.1 Å². The van der Waals surface area contributed by atoms with Gasteiger partial charge >= 0.3 is 0 Å². The lowest BCUT2D eigenvalue weighted by molar-refractivity contribution is 0.597. The van der Waals surface area contributed by atoms with Crippen LogP contribution in [-0.2, 0) is 16.4 Å². The van der Waals surface area contributed by atoms with Gasteiger partial charge in [0.25, 0.3) is 10.0 Å². The minimum atomic E-state index is -3.67. The van der Waals surface area contributed by atoms with Crippen LogP contribution in [0.3, 0.4) is 0 Å². The van der Waals surface area contributed by atoms with E-state index in [-0.39, 0.29) is 4.90 Å². The Labute approximate surface area is 133 Å². The van der Waals surface area contributed by atoms with Crippen molar-refractivity contribution in [2.24, 2.45) is 4.40 Å². The molecule has 0 aliphatic carbocycles. The quantitative estimate of drug-likeness (QED) is 0.774. The molecule has 2 aromatic heterocycles. The molecule has 1 aliphatic rings. The summed E-state index contributed by atoms with van der Waals surface area (Å²) in [6.45, 7) is 0. The molecule has 0 bridgehead atoms. The second-order valence-corrected chi connectivity index (χ2v) is 6.94. The van der Waals surface area contributed by atoms with Crippen molar-refractivity contribution in [3.8, 4) is 0 Å². The first kappa shape index (κ1) is 14.0. The number of para-hydroxylation sites is 1. The second-order valence-electron chi connectivity index (χ2n) is 5.37. The van der Waals surface area contributed by atoms with Gasteiger partial charge in [0, 0.05) is 35.9 Å². The second kappa shape index (κ2) is 5.20. The highest BCUT2D eigenvalue weighted by Crippen LogP contribution is 2.27. The van der Waals surface area contributed by atoms with Gasteiger partial charge in [-0.3, -0.25) is 4.98 Å². The fourth-order valence-electron chi connectivity index (χ4n) is 2.76. The number of aryl methyl sites for hydroxylation is 1. The Bertz CT molecular complexity index is 1020. The van der Waals surface area contributed by atoms with Gasteiger partial charge in [-0.25, -0.2) is 0 Å². The van der Waals surface area contributed by atoms with E-state index in [1.807, 2.05) is 24.4 Å². The van der Waals surface area contributed by atoms with Gasteiger partial charge in [0.15, 0.2) is 0 Å². The van der Waals surface area contributed by atoms with Crippen molar-refractivity contribution in [1.29, 1.82) is 0 Å². The number of hydrogen-bond donors (Lipinski definition) is 2. The van der Waals surface area contributed by atoms with Gasteiger partial charge in [0.2, 0.25) is 0 Å². The summed E-state index contributed by atoms with van der Waals surface area (Å²) < 4.78 is 28.2. The molecule has 0 atom stereocenters. The topological polar surface area (TPSA) is 87.2 Å². The van der Waals surface area contributed by atoms with E-state index in [1.165, 1.54) is 6.20 Å². The summed E-state index contributed by atoms with van der Waals surface area (Å²) in [7, 11) is -3.67. The van der Waals surface area contributed by atoms with Crippen LogP contribution in [0.5, 0.6) is 0 Å². The fraction of sp³-hybridized carbons (Fsp3) is 0.125. The highest BCUT2D eigenvalue weighted by atomic mass is 32.2. The van der Waals surface area contributed by atoms with Crippen LogP contribution in [-0.4, -0.2) is 24.2 Å². The Morgan fingerprint density at radius 2 is 1.96 bits per heavy atom. The van der Waals surface area contributed by atoms with Gasteiger partial charge in [-0.2, -0.15) is 8.42 Å². The number of amidine groups is 1. The maximum atomic E-state index is 12.2. The third-order valence-electron chi connectivity index (χ3n) is 3.88. The van der Waals surface area contributed by atoms with E-state index in [9.17, 15) is 8.42 Å². The number of nitrogens with one attached hydrogen (secondary N) is 2. The Hall–Kier alpha value is -2.67. The van der Waals surface area contributed by atoms with E-state index in [0.29, 0.717) is 24.4 Å². The molecule has 2 N–H and O–H groups in total. The molecular formula is C16H14N4O2S. The zero-order valence-electron chi connectivity index (χ0n) is 12.2. The van der Waals surface area contributed by atoms with Gasteiger partial charge in [0.1, 0.15) is 10.7 Å². The molecule has 0 amide bonds. The normalized spacial score (nSPS) is 15.7. The third-order valence-corrected chi connectivity index (χ3v) is 5.22. The number of H-pyrrole nitrogens is 1. The number of aromatic nitrogens is 2. The zero-order chi connectivity index (χ0) is 15.9. The zero-order valence-corrected chi connectivity index (χ0v) is 13.0. The van der Waals surface area contributed by atoms with E-state index in [4.69, 9.17) is 0 Å². The number of fused-ring (bicyclic) bond motifs is 2. The number of sulfonamides is 1. The van der Waals surface area contributed by atoms with Crippen molar-refractivity contribution in [1.82, 2.24) is 9.97 Å². The minimum Gasteiger partial charge on any atom is -0.361 e. The van der Waals surface area contributed by atoms with Gasteiger partial charge in [-0.1, -0.05) is 18.2 Å². The van der Waals surface area contributed by atoms with E-state index in [0.717, 1.165) is 16.5 Å². The van der Waals surface area contributed by atoms with Crippen molar-refractivity contribution in [3.05, 3.63) is 54.5 Å². The van der Waals surface area contributed by atoms with Crippen LogP contribution >= 0.6 is 0 Å². The molecule has 4 rings (SSSR count). The van der Waals surface area contributed by atoms with Crippen LogP contribution in [0.2, 0.25) is 0 Å². The maximum Gasteiger partial charge on any atom is 0.287 e. The number of rotatable bonds is 3. The van der Waals surface area contributed by atoms with Crippen LogP contribution in [0.15, 0.2) is 58.2 Å². The predicted molar refractivity (Wildman–Crippen MR) is 89.1 cm³/mol. The molecule has 23 heavy (non-hydrogen) atoms. The molecule has 3 heterocycles. The SMILES string of the molecule is O=S1(=O)N=C(CCc2c[nH]c3ccccc23)Nc2ccncc21. The lowest BCUT2D eigenvalue weighted by Crippen LogP contribution is -2.22. The Morgan fingerprint density at radius 1 is 1.09 bits per heavy atom. The first-order valence-corrected chi connectivity index (χ1v) is 8.67. The summed E-state index contributed by atoms with van der Waals surface area (Å²) in [5.41, 5.74) is 2.75. The number of benzene rings is 1. The summed E-state index contributed by atoms with van der Waals surface area (Å²) in [6.07, 6.45) is 6.05. The van der Waals surface area contributed by atoms with Crippen molar-refractivity contribution in [2.45, 2.75) is 17.7 Å². The molecule has 0 fully saturated rings. The largest absolute Gasteiger partial charge is 0.361 e. The molecule has 1 aromatic carbocycles. The highest BCUT2D eigenvalue weighted by molar-refractivity contribution is 7.90. The molecule has 7 heteroatoms. The fourth-order valence-corrected chi connectivity index (χ4v) is 3.88. The number of hydrogen-bond acceptors (Lipinski definition) is 4. The molecule has 0 spiro atoms. The Morgan fingerprint density at radius 3 is 2.87 bits per heavy atom. The lowest BCUT2D eigenvalue weighted by atomic mass is 10.1. The van der Waals surface area contributed by atoms with Crippen LogP contribution in [0.25, 0.3) is 10.9 Å². The first-order valence-electron chi connectivity index (χ1n) is 7.23. The Kier molecular flexibility index (Phi) is 3.16. The number of aromatic amines is 1. The summed E-state index contributed by atoms with van der Waals surface area (Å²) in [5, 5.41) is 4.23. The van der Waals surface area contributed by atoms with E-state index in [1.54, 1.807) is 12.3 Å². The Balaban J connectivity index is 1.60. The van der Waals surface area contributed by atoms with E-state index in [2.05, 4.69) is 25.7 Å². The average molecular weight is 326 g/mol. The number of pyridine rings is 1. The summed E-state index contributed by atoms with van der Waals surface area (Å²) in [4.78, 5) is 7.19. The molecule has 0 unspecified atom stereocenters. The average Bonchev–Trinajstić information content (AvgIpc) is 2.96. The van der Waals surface area contributed by atoms with Crippen molar-refractivity contribution >= 4 is 32.4 Å². The highest BCUT2D eigenvalue weighted by Gasteiger charge is 2.24. The van der Waals surface area contributed by atoms with E-state index < -0.39 is 10.0 Å². The van der Waals surface area contributed by atoms with Crippen LogP contribution < -0.4 is 5.32 Å². The molecule has 116 valence electrons. The van der Waals surface area contributed by atoms with Crippen molar-refractivity contribution < 1.29 is 8.42 Å². The molecule has 6 nitrogen and oxygen atoms in total. The van der Waals surface area contributed by atoms with Gasteiger partial charge in [-0.15, -0.1) is 4.40 Å². The van der Waals surface area contributed by atoms with Gasteiger partial charge in [0.05, 0.1) is 5.69 Å². The summed E-state index contributed by atoms with van der Waals surface area (Å²) in [6, 6.07) is 9.68. The molecular weight excluding hydrogens is 312 g/mol. The van der Waals surface area contributed by atoms with Crippen LogP contribution in [0.1, 0.15) is 12.0 Å². The molecule has 3 aromatic rings. The molecule has 0 saturated carbocycles. The predicted octanol–water partition coefficient (Wildman–Crippen LogP) is 2.71. The minimum absolute atomic E-state index is 0.121. The summed E-state index contributed by atoms with van der Waals surface area (Å²) >= 11 is 0. The molecule has 1 aliphatic heterocycles. The van der Waals surface area contributed by atoms with Crippen molar-refractivity contribution in [3.63, 3.8) is 0 Å². The third kappa shape index (κ3) is 2.49. The van der Waals surface area contributed by atoms with Crippen molar-refractivity contribution in [2.75, 3.05) is 5.32 Å². The van der Waals surface area contributed by atoms with E-state index >= 15 is 0 Å². The standard InChI is InChI=1S/C16H14N4O2S/c21-23(22)15-10-17-8-7-14(15)19-16(20-23)6-5-11-9-18-13-4-2-1-3-12(11)13/h1-4,7-10,18H,5-6H2,(H,19,20). The molecule has 0 radical (unpaired) electrons. The van der Waals surface area contributed by atoms with Crippen LogP contribution in [0.4, 0.5) is 5.69 Å². The van der Waals surface area contributed by atoms with Gasteiger partial charge < -0.3 is 10.3 Å². The van der Waals surface area contributed by atoms with Crippen LogP contribution in [0, 0.1) is 0 Å². The molecule has 0 saturated heterocycles. The smallest absolute Gasteiger partial charge is 0.287 e. The first-order chi connectivity index (χ1) is 11.1. The number of nitrogens with zero attached hydrogens (tertiary/aromatic N) is 2. The lowest BCUT2D eigenvalue weighted by Gasteiger charge is -2.17. The monoisotopic (exact) mass is 326 g/mol.